The van der Waals surface area contributed by atoms with Crippen molar-refractivity contribution in [3.63, 3.8) is 0 Å². The van der Waals surface area contributed by atoms with Crippen LogP contribution in [0.2, 0.25) is 5.02 Å². The highest BCUT2D eigenvalue weighted by molar-refractivity contribution is 6.34. The second kappa shape index (κ2) is 6.56. The van der Waals surface area contributed by atoms with Crippen LogP contribution in [0.25, 0.3) is 0 Å². The molecule has 0 aliphatic heterocycles. The molecule has 7 heteroatoms. The molecule has 0 bridgehead atoms. The Bertz CT molecular complexity index is 532. The van der Waals surface area contributed by atoms with Crippen LogP contribution in [0.3, 0.4) is 0 Å². The molecule has 1 amide bonds. The Hall–Kier alpha value is -1.82. The lowest BCUT2D eigenvalue weighted by Crippen LogP contribution is -2.37. The van der Waals surface area contributed by atoms with Gasteiger partial charge in [-0.2, -0.15) is 0 Å². The monoisotopic (exact) mass is 299 g/mol. The molecule has 0 saturated heterocycles. The van der Waals surface area contributed by atoms with E-state index in [4.69, 9.17) is 17.3 Å². The lowest BCUT2D eigenvalue weighted by atomic mass is 10.1. The Morgan fingerprint density at radius 2 is 2.10 bits per heavy atom. The number of nitrogens with two attached hydrogens (primary N) is 1. The molecule has 20 heavy (non-hydrogen) atoms. The number of nitrogens with zero attached hydrogens (tertiary/aromatic N) is 2. The first kappa shape index (κ1) is 16.2. The summed E-state index contributed by atoms with van der Waals surface area (Å²) in [6.45, 7) is 6.26. The van der Waals surface area contributed by atoms with Gasteiger partial charge in [0.05, 0.1) is 21.2 Å². The topological polar surface area (TPSA) is 89.5 Å². The summed E-state index contributed by atoms with van der Waals surface area (Å²) in [6, 6.07) is 2.29. The molecule has 0 unspecified atom stereocenters. The molecular formula is C13H18ClN3O3. The number of hydrogen-bond donors (Lipinski definition) is 1. The number of anilines is 1. The minimum Gasteiger partial charge on any atom is -0.397 e. The molecule has 0 heterocycles. The van der Waals surface area contributed by atoms with Crippen molar-refractivity contribution in [2.24, 2.45) is 0 Å². The maximum atomic E-state index is 12.5. The summed E-state index contributed by atoms with van der Waals surface area (Å²) in [4.78, 5) is 24.4. The Morgan fingerprint density at radius 1 is 1.50 bits per heavy atom. The molecule has 0 saturated carbocycles. The summed E-state index contributed by atoms with van der Waals surface area (Å²) < 4.78 is 0. The second-order valence-corrected chi connectivity index (χ2v) is 5.15. The van der Waals surface area contributed by atoms with Crippen LogP contribution in [0.1, 0.15) is 37.6 Å². The molecule has 2 N–H and O–H groups in total. The maximum absolute atomic E-state index is 12.5. The smallest absolute Gasteiger partial charge is 0.271 e. The SMILES string of the molecule is CCCN(C(=O)c1cc([N+](=O)[O-])cc(Cl)c1N)C(C)C. The molecule has 0 spiro atoms. The Kier molecular flexibility index (Phi) is 5.33. The number of halogens is 1. The maximum Gasteiger partial charge on any atom is 0.271 e. The minimum atomic E-state index is -0.596. The number of carbonyl (C=O) groups is 1. The summed E-state index contributed by atoms with van der Waals surface area (Å²) in [5.41, 5.74) is 5.69. The van der Waals surface area contributed by atoms with E-state index in [1.54, 1.807) is 4.90 Å². The first-order valence-electron chi connectivity index (χ1n) is 6.34. The molecule has 0 fully saturated rings. The zero-order valence-corrected chi connectivity index (χ0v) is 12.5. The third kappa shape index (κ3) is 3.39. The quantitative estimate of drug-likeness (QED) is 0.514. The van der Waals surface area contributed by atoms with Crippen molar-refractivity contribution >= 4 is 28.9 Å². The van der Waals surface area contributed by atoms with Crippen molar-refractivity contribution in [1.29, 1.82) is 0 Å². The number of nitro groups is 1. The van der Waals surface area contributed by atoms with Gasteiger partial charge in [0.15, 0.2) is 0 Å². The zero-order valence-electron chi connectivity index (χ0n) is 11.7. The van der Waals surface area contributed by atoms with Crippen LogP contribution in [0.5, 0.6) is 0 Å². The number of rotatable bonds is 5. The lowest BCUT2D eigenvalue weighted by Gasteiger charge is -2.27. The summed E-state index contributed by atoms with van der Waals surface area (Å²) in [5.74, 6) is -0.343. The van der Waals surface area contributed by atoms with Gasteiger partial charge in [-0.3, -0.25) is 14.9 Å². The van der Waals surface area contributed by atoms with E-state index in [0.29, 0.717) is 6.54 Å². The molecule has 6 nitrogen and oxygen atoms in total. The molecule has 0 radical (unpaired) electrons. The van der Waals surface area contributed by atoms with Crippen molar-refractivity contribution < 1.29 is 9.72 Å². The summed E-state index contributed by atoms with van der Waals surface area (Å²) >= 11 is 5.87. The van der Waals surface area contributed by atoms with E-state index in [1.807, 2.05) is 20.8 Å². The summed E-state index contributed by atoms with van der Waals surface area (Å²) in [7, 11) is 0. The predicted octanol–water partition coefficient (Wildman–Crippen LogP) is 3.09. The Labute approximate surface area is 122 Å². The third-order valence-corrected chi connectivity index (χ3v) is 3.22. The van der Waals surface area contributed by atoms with Gasteiger partial charge in [0.2, 0.25) is 0 Å². The van der Waals surface area contributed by atoms with Crippen molar-refractivity contribution in [2.45, 2.75) is 33.2 Å². The number of amides is 1. The Balaban J connectivity index is 3.29. The first-order valence-corrected chi connectivity index (χ1v) is 6.71. The van der Waals surface area contributed by atoms with Gasteiger partial charge in [-0.05, 0) is 20.3 Å². The summed E-state index contributed by atoms with van der Waals surface area (Å²) in [6.07, 6.45) is 0.784. The molecule has 0 atom stereocenters. The van der Waals surface area contributed by atoms with Crippen LogP contribution in [-0.4, -0.2) is 28.3 Å². The minimum absolute atomic E-state index is 0.0164. The number of hydrogen-bond acceptors (Lipinski definition) is 4. The van der Waals surface area contributed by atoms with Gasteiger partial charge in [0.1, 0.15) is 0 Å². The summed E-state index contributed by atoms with van der Waals surface area (Å²) in [5, 5.41) is 10.9. The van der Waals surface area contributed by atoms with E-state index in [1.165, 1.54) is 6.07 Å². The van der Waals surface area contributed by atoms with E-state index in [9.17, 15) is 14.9 Å². The van der Waals surface area contributed by atoms with Gasteiger partial charge < -0.3 is 10.6 Å². The van der Waals surface area contributed by atoms with Gasteiger partial charge >= 0.3 is 0 Å². The average Bonchev–Trinajstić information content (AvgIpc) is 2.37. The fraction of sp³-hybridized carbons (Fsp3) is 0.462. The Morgan fingerprint density at radius 3 is 2.55 bits per heavy atom. The molecule has 1 rings (SSSR count). The van der Waals surface area contributed by atoms with Crippen molar-refractivity contribution in [1.82, 2.24) is 4.90 Å². The van der Waals surface area contributed by atoms with E-state index in [2.05, 4.69) is 0 Å². The van der Waals surface area contributed by atoms with Crippen molar-refractivity contribution in [3.8, 4) is 0 Å². The zero-order chi connectivity index (χ0) is 15.4. The van der Waals surface area contributed by atoms with Crippen LogP contribution in [0, 0.1) is 10.1 Å². The van der Waals surface area contributed by atoms with Gasteiger partial charge in [0, 0.05) is 24.7 Å². The second-order valence-electron chi connectivity index (χ2n) is 4.74. The van der Waals surface area contributed by atoms with E-state index < -0.39 is 4.92 Å². The normalized spacial score (nSPS) is 10.7. The number of carbonyl (C=O) groups excluding carboxylic acids is 1. The van der Waals surface area contributed by atoms with Gasteiger partial charge in [-0.1, -0.05) is 18.5 Å². The van der Waals surface area contributed by atoms with Crippen LogP contribution < -0.4 is 5.73 Å². The van der Waals surface area contributed by atoms with Crippen LogP contribution in [0.15, 0.2) is 12.1 Å². The first-order chi connectivity index (χ1) is 9.29. The van der Waals surface area contributed by atoms with Gasteiger partial charge in [-0.15, -0.1) is 0 Å². The largest absolute Gasteiger partial charge is 0.397 e. The molecule has 0 aliphatic rings. The third-order valence-electron chi connectivity index (χ3n) is 2.90. The van der Waals surface area contributed by atoms with E-state index >= 15 is 0 Å². The average molecular weight is 300 g/mol. The molecule has 0 aliphatic carbocycles. The number of non-ortho nitro benzene ring substituents is 1. The predicted molar refractivity (Wildman–Crippen MR) is 79.0 cm³/mol. The van der Waals surface area contributed by atoms with Gasteiger partial charge in [0.25, 0.3) is 11.6 Å². The van der Waals surface area contributed by atoms with Crippen molar-refractivity contribution in [3.05, 3.63) is 32.8 Å². The van der Waals surface area contributed by atoms with Crippen molar-refractivity contribution in [2.75, 3.05) is 12.3 Å². The van der Waals surface area contributed by atoms with Crippen LogP contribution >= 0.6 is 11.6 Å². The standard InChI is InChI=1S/C13H18ClN3O3/c1-4-5-16(8(2)3)13(18)10-6-9(17(19)20)7-11(14)12(10)15/h6-8H,4-5,15H2,1-3H3. The highest BCUT2D eigenvalue weighted by Gasteiger charge is 2.24. The highest BCUT2D eigenvalue weighted by atomic mass is 35.5. The fourth-order valence-electron chi connectivity index (χ4n) is 1.88. The number of nitro benzene ring substituents is 1. The fourth-order valence-corrected chi connectivity index (χ4v) is 2.09. The van der Waals surface area contributed by atoms with Gasteiger partial charge in [-0.25, -0.2) is 0 Å². The molecule has 110 valence electrons. The lowest BCUT2D eigenvalue weighted by molar-refractivity contribution is -0.384. The molecule has 0 aromatic heterocycles. The number of nitrogen functional groups attached to an aromatic ring is 1. The van der Waals surface area contributed by atoms with Crippen LogP contribution in [0.4, 0.5) is 11.4 Å². The molecule has 1 aromatic rings. The van der Waals surface area contributed by atoms with E-state index in [0.717, 1.165) is 12.5 Å². The van der Waals surface area contributed by atoms with Crippen LogP contribution in [-0.2, 0) is 0 Å². The highest BCUT2D eigenvalue weighted by Crippen LogP contribution is 2.30. The molecule has 1 aromatic carbocycles. The number of benzene rings is 1. The van der Waals surface area contributed by atoms with E-state index in [-0.39, 0.29) is 33.9 Å². The molecular weight excluding hydrogens is 282 g/mol.